The standard InChI is InChI=1S/C13H22N4O3/c1-4-8(3)10(12(18)19)17-13(20)16-9(5-2)11-14-6-7-15-11/h6-10H,4-5H2,1-3H3,(H,14,15)(H,18,19)(H2,16,17,20). The Morgan fingerprint density at radius 2 is 2.05 bits per heavy atom. The van der Waals surface area contributed by atoms with Gasteiger partial charge >= 0.3 is 12.0 Å². The molecule has 1 aromatic heterocycles. The Bertz CT molecular complexity index is 433. The molecule has 0 saturated heterocycles. The van der Waals surface area contributed by atoms with Crippen LogP contribution in [0.2, 0.25) is 0 Å². The number of nitrogens with zero attached hydrogens (tertiary/aromatic N) is 1. The van der Waals surface area contributed by atoms with Gasteiger partial charge in [0.1, 0.15) is 11.9 Å². The van der Waals surface area contributed by atoms with Crippen LogP contribution in [0.25, 0.3) is 0 Å². The van der Waals surface area contributed by atoms with E-state index in [1.165, 1.54) is 0 Å². The Labute approximate surface area is 118 Å². The molecule has 112 valence electrons. The van der Waals surface area contributed by atoms with E-state index < -0.39 is 18.0 Å². The van der Waals surface area contributed by atoms with Gasteiger partial charge in [0.15, 0.2) is 0 Å². The van der Waals surface area contributed by atoms with Crippen molar-refractivity contribution in [3.05, 3.63) is 18.2 Å². The molecule has 3 unspecified atom stereocenters. The van der Waals surface area contributed by atoms with Crippen molar-refractivity contribution < 1.29 is 14.7 Å². The van der Waals surface area contributed by atoms with Crippen molar-refractivity contribution in [2.24, 2.45) is 5.92 Å². The van der Waals surface area contributed by atoms with Crippen LogP contribution in [0.15, 0.2) is 12.4 Å². The summed E-state index contributed by atoms with van der Waals surface area (Å²) in [5.41, 5.74) is 0. The van der Waals surface area contributed by atoms with Gasteiger partial charge in [-0.3, -0.25) is 0 Å². The van der Waals surface area contributed by atoms with E-state index in [-0.39, 0.29) is 12.0 Å². The molecular formula is C13H22N4O3. The smallest absolute Gasteiger partial charge is 0.326 e. The molecule has 0 radical (unpaired) electrons. The van der Waals surface area contributed by atoms with Crippen molar-refractivity contribution in [3.63, 3.8) is 0 Å². The van der Waals surface area contributed by atoms with Crippen molar-refractivity contribution in [1.29, 1.82) is 0 Å². The highest BCUT2D eigenvalue weighted by Gasteiger charge is 2.26. The molecule has 3 atom stereocenters. The maximum absolute atomic E-state index is 11.9. The highest BCUT2D eigenvalue weighted by molar-refractivity contribution is 5.82. The fraction of sp³-hybridized carbons (Fsp3) is 0.615. The zero-order valence-electron chi connectivity index (χ0n) is 12.0. The highest BCUT2D eigenvalue weighted by Crippen LogP contribution is 2.12. The molecule has 7 heteroatoms. The van der Waals surface area contributed by atoms with Crippen LogP contribution in [-0.4, -0.2) is 33.1 Å². The minimum Gasteiger partial charge on any atom is -0.480 e. The summed E-state index contributed by atoms with van der Waals surface area (Å²) >= 11 is 0. The number of nitrogens with one attached hydrogen (secondary N) is 3. The third-order valence-electron chi connectivity index (χ3n) is 3.33. The number of carboxylic acid groups (broad SMARTS) is 1. The lowest BCUT2D eigenvalue weighted by atomic mass is 9.99. The molecule has 0 aliphatic rings. The van der Waals surface area contributed by atoms with Crippen LogP contribution in [0.3, 0.4) is 0 Å². The summed E-state index contributed by atoms with van der Waals surface area (Å²) in [4.78, 5) is 30.1. The monoisotopic (exact) mass is 282 g/mol. The van der Waals surface area contributed by atoms with Gasteiger partial charge in [-0.25, -0.2) is 14.6 Å². The van der Waals surface area contributed by atoms with E-state index in [1.807, 2.05) is 13.8 Å². The second-order valence-electron chi connectivity index (χ2n) is 4.75. The van der Waals surface area contributed by atoms with Crippen LogP contribution in [0.4, 0.5) is 4.79 Å². The summed E-state index contributed by atoms with van der Waals surface area (Å²) < 4.78 is 0. The predicted molar refractivity (Wildman–Crippen MR) is 74.2 cm³/mol. The van der Waals surface area contributed by atoms with Crippen LogP contribution < -0.4 is 10.6 Å². The normalized spacial score (nSPS) is 15.2. The second-order valence-corrected chi connectivity index (χ2v) is 4.75. The van der Waals surface area contributed by atoms with Crippen molar-refractivity contribution in [2.75, 3.05) is 0 Å². The van der Waals surface area contributed by atoms with E-state index in [0.29, 0.717) is 18.7 Å². The summed E-state index contributed by atoms with van der Waals surface area (Å²) in [5, 5.41) is 14.4. The number of carbonyl (C=O) groups is 2. The molecule has 0 aromatic carbocycles. The number of amides is 2. The third kappa shape index (κ3) is 4.25. The van der Waals surface area contributed by atoms with Crippen LogP contribution in [-0.2, 0) is 4.79 Å². The Hall–Kier alpha value is -2.05. The number of carbonyl (C=O) groups excluding carboxylic acids is 1. The number of carboxylic acids is 1. The van der Waals surface area contributed by atoms with Gasteiger partial charge in [-0.05, 0) is 12.3 Å². The molecule has 0 spiro atoms. The number of urea groups is 1. The van der Waals surface area contributed by atoms with Crippen LogP contribution in [0.1, 0.15) is 45.5 Å². The first-order chi connectivity index (χ1) is 9.49. The number of H-pyrrole nitrogens is 1. The van der Waals surface area contributed by atoms with Crippen LogP contribution in [0, 0.1) is 5.92 Å². The zero-order valence-corrected chi connectivity index (χ0v) is 12.0. The number of hydrogen-bond donors (Lipinski definition) is 4. The second kappa shape index (κ2) is 7.52. The molecule has 1 rings (SSSR count). The van der Waals surface area contributed by atoms with Crippen molar-refractivity contribution in [1.82, 2.24) is 20.6 Å². The number of hydrogen-bond acceptors (Lipinski definition) is 3. The van der Waals surface area contributed by atoms with Gasteiger partial charge in [-0.1, -0.05) is 27.2 Å². The maximum atomic E-state index is 11.9. The fourth-order valence-corrected chi connectivity index (χ4v) is 1.86. The molecular weight excluding hydrogens is 260 g/mol. The predicted octanol–water partition coefficient (Wildman–Crippen LogP) is 1.66. The Morgan fingerprint density at radius 1 is 1.35 bits per heavy atom. The van der Waals surface area contributed by atoms with Gasteiger partial charge < -0.3 is 20.7 Å². The summed E-state index contributed by atoms with van der Waals surface area (Å²) in [5.74, 6) is -0.513. The number of rotatable bonds is 7. The van der Waals surface area contributed by atoms with E-state index in [4.69, 9.17) is 5.11 Å². The summed E-state index contributed by atoms with van der Waals surface area (Å²) in [6.45, 7) is 5.59. The topological polar surface area (TPSA) is 107 Å². The van der Waals surface area contributed by atoms with Gasteiger partial charge in [0, 0.05) is 12.4 Å². The first-order valence-corrected chi connectivity index (χ1v) is 6.78. The third-order valence-corrected chi connectivity index (χ3v) is 3.33. The quantitative estimate of drug-likeness (QED) is 0.610. The van der Waals surface area contributed by atoms with Gasteiger partial charge in [-0.2, -0.15) is 0 Å². The van der Waals surface area contributed by atoms with E-state index in [2.05, 4.69) is 20.6 Å². The van der Waals surface area contributed by atoms with Crippen LogP contribution in [0.5, 0.6) is 0 Å². The molecule has 2 amide bonds. The molecule has 0 bridgehead atoms. The Kier molecular flexibility index (Phi) is 6.02. The average Bonchev–Trinajstić information content (AvgIpc) is 2.94. The fourth-order valence-electron chi connectivity index (χ4n) is 1.86. The lowest BCUT2D eigenvalue weighted by molar-refractivity contribution is -0.140. The van der Waals surface area contributed by atoms with E-state index in [1.54, 1.807) is 19.3 Å². The first-order valence-electron chi connectivity index (χ1n) is 6.78. The van der Waals surface area contributed by atoms with Crippen molar-refractivity contribution in [2.45, 2.75) is 45.7 Å². The molecule has 4 N–H and O–H groups in total. The Balaban J connectivity index is 2.63. The number of aromatic nitrogens is 2. The molecule has 1 heterocycles. The Morgan fingerprint density at radius 3 is 2.50 bits per heavy atom. The summed E-state index contributed by atoms with van der Waals surface area (Å²) in [6.07, 6.45) is 4.61. The lowest BCUT2D eigenvalue weighted by Gasteiger charge is -2.22. The van der Waals surface area contributed by atoms with Gasteiger partial charge in [0.2, 0.25) is 0 Å². The molecule has 20 heavy (non-hydrogen) atoms. The van der Waals surface area contributed by atoms with E-state index >= 15 is 0 Å². The molecule has 0 fully saturated rings. The molecule has 1 aromatic rings. The van der Waals surface area contributed by atoms with Gasteiger partial charge in [-0.15, -0.1) is 0 Å². The van der Waals surface area contributed by atoms with Crippen molar-refractivity contribution in [3.8, 4) is 0 Å². The first kappa shape index (κ1) is 16.0. The largest absolute Gasteiger partial charge is 0.480 e. The molecule has 7 nitrogen and oxygen atoms in total. The number of imidazole rings is 1. The highest BCUT2D eigenvalue weighted by atomic mass is 16.4. The summed E-state index contributed by atoms with van der Waals surface area (Å²) in [7, 11) is 0. The minimum absolute atomic E-state index is 0.137. The van der Waals surface area contributed by atoms with Crippen molar-refractivity contribution >= 4 is 12.0 Å². The maximum Gasteiger partial charge on any atom is 0.326 e. The minimum atomic E-state index is -1.03. The van der Waals surface area contributed by atoms with E-state index in [0.717, 1.165) is 0 Å². The van der Waals surface area contributed by atoms with Gasteiger partial charge in [0.25, 0.3) is 0 Å². The summed E-state index contributed by atoms with van der Waals surface area (Å²) in [6, 6.07) is -1.66. The zero-order chi connectivity index (χ0) is 15.1. The average molecular weight is 282 g/mol. The van der Waals surface area contributed by atoms with Gasteiger partial charge in [0.05, 0.1) is 6.04 Å². The number of aromatic amines is 1. The van der Waals surface area contributed by atoms with E-state index in [9.17, 15) is 9.59 Å². The molecule has 0 aliphatic carbocycles. The molecule has 0 saturated carbocycles. The van der Waals surface area contributed by atoms with Crippen LogP contribution >= 0.6 is 0 Å². The lowest BCUT2D eigenvalue weighted by Crippen LogP contribution is -2.49. The SMILES string of the molecule is CCC(NC(=O)NC(C(=O)O)C(C)CC)c1ncc[nH]1. The molecule has 0 aliphatic heterocycles. The number of aliphatic carboxylic acids is 1.